The van der Waals surface area contributed by atoms with E-state index in [-0.39, 0.29) is 5.91 Å². The molecule has 0 aromatic heterocycles. The molecule has 1 aromatic rings. The number of carbonyl (C=O) groups excluding carboxylic acids is 1. The van der Waals surface area contributed by atoms with Crippen LogP contribution in [-0.4, -0.2) is 15.2 Å². The molecule has 3 nitrogen and oxygen atoms in total. The van der Waals surface area contributed by atoms with E-state index in [4.69, 9.17) is 18.1 Å². The lowest BCUT2D eigenvalue weighted by atomic mass is 10.1. The fourth-order valence-electron chi connectivity index (χ4n) is 1.48. The van der Waals surface area contributed by atoms with Crippen molar-refractivity contribution in [2.75, 3.05) is 0 Å². The zero-order valence-electron chi connectivity index (χ0n) is 9.34. The summed E-state index contributed by atoms with van der Waals surface area (Å²) in [5.41, 5.74) is 2.25. The van der Waals surface area contributed by atoms with Crippen molar-refractivity contribution in [3.63, 3.8) is 0 Å². The van der Waals surface area contributed by atoms with Gasteiger partial charge < -0.3 is 0 Å². The summed E-state index contributed by atoms with van der Waals surface area (Å²) in [7, 11) is 0. The minimum atomic E-state index is -0.237. The van der Waals surface area contributed by atoms with Gasteiger partial charge in [-0.25, -0.2) is 10.9 Å². The Balaban J connectivity index is 2.24. The molecular weight excluding hydrogens is 252 g/mol. The molecule has 0 bridgehead atoms. The normalized spacial score (nSPS) is 18.2. The van der Waals surface area contributed by atoms with Gasteiger partial charge in [0.25, 0.3) is 5.91 Å². The Hall–Kier alpha value is -1.17. The molecule has 1 saturated heterocycles. The number of hydrazine groups is 1. The quantitative estimate of drug-likeness (QED) is 0.385. The third kappa shape index (κ3) is 2.57. The molecule has 88 valence electrons. The maximum Gasteiger partial charge on any atom is 0.280 e. The molecule has 0 aliphatic carbocycles. The predicted octanol–water partition coefficient (Wildman–Crippen LogP) is 2.32. The van der Waals surface area contributed by atoms with Gasteiger partial charge in [0.05, 0.1) is 4.91 Å². The lowest BCUT2D eigenvalue weighted by molar-refractivity contribution is -0.122. The van der Waals surface area contributed by atoms with Gasteiger partial charge in [0.15, 0.2) is 4.32 Å². The molecule has 1 fully saturated rings. The van der Waals surface area contributed by atoms with Crippen LogP contribution in [0.25, 0.3) is 6.08 Å². The van der Waals surface area contributed by atoms with E-state index in [1.807, 2.05) is 18.2 Å². The molecule has 1 aromatic carbocycles. The summed E-state index contributed by atoms with van der Waals surface area (Å²) in [6.45, 7) is 2.11. The molecule has 0 saturated carbocycles. The van der Waals surface area contributed by atoms with Gasteiger partial charge >= 0.3 is 0 Å². The van der Waals surface area contributed by atoms with Gasteiger partial charge in [-0.3, -0.25) is 4.79 Å². The fourth-order valence-corrected chi connectivity index (χ4v) is 2.58. The highest BCUT2D eigenvalue weighted by Gasteiger charge is 2.29. The minimum absolute atomic E-state index is 0.237. The molecule has 5 heteroatoms. The first-order valence-corrected chi connectivity index (χ1v) is 6.46. The van der Waals surface area contributed by atoms with Gasteiger partial charge in [-0.05, 0) is 23.6 Å². The summed E-state index contributed by atoms with van der Waals surface area (Å²) in [6, 6.07) is 8.08. The Kier molecular flexibility index (Phi) is 3.61. The molecule has 17 heavy (non-hydrogen) atoms. The molecule has 0 unspecified atom stereocenters. The maximum absolute atomic E-state index is 11.7. The van der Waals surface area contributed by atoms with E-state index in [1.165, 1.54) is 17.3 Å². The third-order valence-corrected chi connectivity index (χ3v) is 3.84. The summed E-state index contributed by atoms with van der Waals surface area (Å²) in [5.74, 6) is 5.26. The number of hydrogen-bond acceptors (Lipinski definition) is 4. The standard InChI is InChI=1S/C12H12N2OS2/c1-2-8-3-5-9(6-4-8)7-10-11(15)14(13)12(16)17-10/h3-7H,2,13H2,1H3. The van der Waals surface area contributed by atoms with Crippen molar-refractivity contribution in [1.82, 2.24) is 5.01 Å². The van der Waals surface area contributed by atoms with Gasteiger partial charge in [-0.1, -0.05) is 55.2 Å². The van der Waals surface area contributed by atoms with Crippen molar-refractivity contribution >= 4 is 40.3 Å². The van der Waals surface area contributed by atoms with Crippen molar-refractivity contribution in [3.8, 4) is 0 Å². The SMILES string of the molecule is CCc1ccc(C=C2SC(=S)N(N)C2=O)cc1. The van der Waals surface area contributed by atoms with E-state index in [9.17, 15) is 4.79 Å². The summed E-state index contributed by atoms with van der Waals surface area (Å²) in [6.07, 6.45) is 2.82. The van der Waals surface area contributed by atoms with Gasteiger partial charge in [0.1, 0.15) is 0 Å². The number of nitrogens with two attached hydrogens (primary N) is 1. The molecular formula is C12H12N2OS2. The van der Waals surface area contributed by atoms with Gasteiger partial charge in [0, 0.05) is 0 Å². The van der Waals surface area contributed by atoms with Crippen molar-refractivity contribution < 1.29 is 4.79 Å². The summed E-state index contributed by atoms with van der Waals surface area (Å²) < 4.78 is 0.395. The number of carbonyl (C=O) groups is 1. The molecule has 0 radical (unpaired) electrons. The van der Waals surface area contributed by atoms with E-state index >= 15 is 0 Å². The lowest BCUT2D eigenvalue weighted by Gasteiger charge is -2.03. The summed E-state index contributed by atoms with van der Waals surface area (Å²) >= 11 is 6.18. The number of thioether (sulfide) groups is 1. The van der Waals surface area contributed by atoms with Gasteiger partial charge in [-0.2, -0.15) is 0 Å². The Labute approximate surface area is 110 Å². The summed E-state index contributed by atoms with van der Waals surface area (Å²) in [4.78, 5) is 12.2. The highest BCUT2D eigenvalue weighted by atomic mass is 32.2. The number of hydrogen-bond donors (Lipinski definition) is 1. The van der Waals surface area contributed by atoms with Crippen molar-refractivity contribution in [2.45, 2.75) is 13.3 Å². The number of nitrogens with zero attached hydrogens (tertiary/aromatic N) is 1. The van der Waals surface area contributed by atoms with E-state index in [2.05, 4.69) is 19.1 Å². The highest BCUT2D eigenvalue weighted by molar-refractivity contribution is 8.26. The molecule has 1 heterocycles. The van der Waals surface area contributed by atoms with Crippen LogP contribution in [0.4, 0.5) is 0 Å². The van der Waals surface area contributed by atoms with Gasteiger partial charge in [-0.15, -0.1) is 0 Å². The van der Waals surface area contributed by atoms with Crippen LogP contribution in [0.3, 0.4) is 0 Å². The number of amides is 1. The third-order valence-electron chi connectivity index (χ3n) is 2.51. The minimum Gasteiger partial charge on any atom is -0.267 e. The number of rotatable bonds is 2. The van der Waals surface area contributed by atoms with E-state index in [1.54, 1.807) is 0 Å². The predicted molar refractivity (Wildman–Crippen MR) is 75.0 cm³/mol. The number of aryl methyl sites for hydroxylation is 1. The number of benzene rings is 1. The molecule has 2 N–H and O–H groups in total. The molecule has 0 atom stereocenters. The molecule has 1 aliphatic heterocycles. The second-order valence-corrected chi connectivity index (χ2v) is 5.32. The van der Waals surface area contributed by atoms with Crippen LogP contribution in [-0.2, 0) is 11.2 Å². The largest absolute Gasteiger partial charge is 0.280 e. The average Bonchev–Trinajstić information content (AvgIpc) is 2.58. The number of thiocarbonyl (C=S) groups is 1. The molecule has 1 aliphatic rings. The molecule has 0 spiro atoms. The van der Waals surface area contributed by atoms with Crippen molar-refractivity contribution in [1.29, 1.82) is 0 Å². The second-order valence-electron chi connectivity index (χ2n) is 3.65. The van der Waals surface area contributed by atoms with E-state index in [0.29, 0.717) is 9.23 Å². The highest BCUT2D eigenvalue weighted by Crippen LogP contribution is 2.30. The zero-order chi connectivity index (χ0) is 12.4. The van der Waals surface area contributed by atoms with Crippen LogP contribution in [0, 0.1) is 0 Å². The monoisotopic (exact) mass is 264 g/mol. The zero-order valence-corrected chi connectivity index (χ0v) is 11.0. The topological polar surface area (TPSA) is 46.3 Å². The Morgan fingerprint density at radius 3 is 2.53 bits per heavy atom. The van der Waals surface area contributed by atoms with Crippen LogP contribution in [0.1, 0.15) is 18.1 Å². The first-order valence-electron chi connectivity index (χ1n) is 5.23. The van der Waals surface area contributed by atoms with Crippen LogP contribution in [0.15, 0.2) is 29.2 Å². The fraction of sp³-hybridized carbons (Fsp3) is 0.167. The van der Waals surface area contributed by atoms with Crippen LogP contribution < -0.4 is 5.84 Å². The Morgan fingerprint density at radius 1 is 1.41 bits per heavy atom. The smallest absolute Gasteiger partial charge is 0.267 e. The van der Waals surface area contributed by atoms with E-state index < -0.39 is 0 Å². The van der Waals surface area contributed by atoms with Crippen molar-refractivity contribution in [3.05, 3.63) is 40.3 Å². The van der Waals surface area contributed by atoms with Gasteiger partial charge in [0.2, 0.25) is 0 Å². The maximum atomic E-state index is 11.7. The van der Waals surface area contributed by atoms with Crippen molar-refractivity contribution in [2.24, 2.45) is 5.84 Å². The Bertz CT molecular complexity index is 494. The second kappa shape index (κ2) is 5.00. The molecule has 1 amide bonds. The first kappa shape index (κ1) is 12.3. The lowest BCUT2D eigenvalue weighted by Crippen LogP contribution is -2.34. The van der Waals surface area contributed by atoms with Crippen LogP contribution >= 0.6 is 24.0 Å². The van der Waals surface area contributed by atoms with E-state index in [0.717, 1.165) is 17.0 Å². The Morgan fingerprint density at radius 2 is 2.06 bits per heavy atom. The van der Waals surface area contributed by atoms with Crippen LogP contribution in [0.2, 0.25) is 0 Å². The first-order chi connectivity index (χ1) is 8.11. The average molecular weight is 264 g/mol. The van der Waals surface area contributed by atoms with Crippen LogP contribution in [0.5, 0.6) is 0 Å². The molecule has 2 rings (SSSR count). The summed E-state index contributed by atoms with van der Waals surface area (Å²) in [5, 5.41) is 1.01.